The summed E-state index contributed by atoms with van der Waals surface area (Å²) >= 11 is 0. The number of aryl methyl sites for hydroxylation is 2. The predicted octanol–water partition coefficient (Wildman–Crippen LogP) is 3.37. The van der Waals surface area contributed by atoms with Crippen LogP contribution in [0.4, 0.5) is 5.69 Å². The Bertz CT molecular complexity index is 723. The molecule has 0 fully saturated rings. The zero-order valence-electron chi connectivity index (χ0n) is 13.8. The van der Waals surface area contributed by atoms with Gasteiger partial charge in [-0.3, -0.25) is 9.59 Å². The molecule has 2 N–H and O–H groups in total. The lowest BCUT2D eigenvalue weighted by Crippen LogP contribution is -2.27. The molecular weight excluding hydrogens is 288 g/mol. The number of rotatable bonds is 5. The standard InChI is InChI=1S/C19H22N2O2/c1-13-6-4-8-16(12-13)19(23)20-11-10-18(22)21-17-9-5-7-14(2)15(17)3/h4-9,12H,10-11H2,1-3H3,(H,20,23)(H,21,22). The maximum atomic E-state index is 12.0. The van der Waals surface area contributed by atoms with E-state index in [0.717, 1.165) is 22.4 Å². The first kappa shape index (κ1) is 16.7. The van der Waals surface area contributed by atoms with E-state index in [4.69, 9.17) is 0 Å². The van der Waals surface area contributed by atoms with Crippen LogP contribution in [0, 0.1) is 20.8 Å². The number of benzene rings is 2. The van der Waals surface area contributed by atoms with Gasteiger partial charge in [-0.1, -0.05) is 29.8 Å². The van der Waals surface area contributed by atoms with Gasteiger partial charge in [0, 0.05) is 24.2 Å². The second-order valence-corrected chi connectivity index (χ2v) is 5.67. The molecule has 0 saturated heterocycles. The van der Waals surface area contributed by atoms with E-state index in [-0.39, 0.29) is 18.2 Å². The van der Waals surface area contributed by atoms with Gasteiger partial charge >= 0.3 is 0 Å². The van der Waals surface area contributed by atoms with Crippen molar-refractivity contribution in [2.24, 2.45) is 0 Å². The van der Waals surface area contributed by atoms with E-state index in [2.05, 4.69) is 10.6 Å². The first-order chi connectivity index (χ1) is 11.0. The van der Waals surface area contributed by atoms with Gasteiger partial charge in [0.25, 0.3) is 5.91 Å². The highest BCUT2D eigenvalue weighted by atomic mass is 16.2. The van der Waals surface area contributed by atoms with E-state index in [0.29, 0.717) is 12.1 Å². The maximum Gasteiger partial charge on any atom is 0.251 e. The SMILES string of the molecule is Cc1cccc(C(=O)NCCC(=O)Nc2cccc(C)c2C)c1. The average Bonchev–Trinajstić information content (AvgIpc) is 2.52. The van der Waals surface area contributed by atoms with Crippen molar-refractivity contribution in [3.8, 4) is 0 Å². The summed E-state index contributed by atoms with van der Waals surface area (Å²) in [5.41, 5.74) is 4.66. The molecule has 0 aliphatic carbocycles. The Morgan fingerprint density at radius 2 is 1.74 bits per heavy atom. The third-order valence-electron chi connectivity index (χ3n) is 3.80. The topological polar surface area (TPSA) is 58.2 Å². The molecule has 0 aliphatic heterocycles. The van der Waals surface area contributed by atoms with Gasteiger partial charge in [0.15, 0.2) is 0 Å². The van der Waals surface area contributed by atoms with E-state index in [9.17, 15) is 9.59 Å². The van der Waals surface area contributed by atoms with Crippen LogP contribution in [0.25, 0.3) is 0 Å². The molecule has 23 heavy (non-hydrogen) atoms. The lowest BCUT2D eigenvalue weighted by atomic mass is 10.1. The molecule has 0 radical (unpaired) electrons. The van der Waals surface area contributed by atoms with Gasteiger partial charge in [-0.15, -0.1) is 0 Å². The van der Waals surface area contributed by atoms with E-state index >= 15 is 0 Å². The summed E-state index contributed by atoms with van der Waals surface area (Å²) in [4.78, 5) is 24.0. The lowest BCUT2D eigenvalue weighted by Gasteiger charge is -2.10. The fraction of sp³-hybridized carbons (Fsp3) is 0.263. The average molecular weight is 310 g/mol. The largest absolute Gasteiger partial charge is 0.352 e. The van der Waals surface area contributed by atoms with Gasteiger partial charge in [0.1, 0.15) is 0 Å². The van der Waals surface area contributed by atoms with Gasteiger partial charge in [0.05, 0.1) is 0 Å². The number of anilines is 1. The fourth-order valence-corrected chi connectivity index (χ4v) is 2.28. The Morgan fingerprint density at radius 3 is 2.48 bits per heavy atom. The summed E-state index contributed by atoms with van der Waals surface area (Å²) in [6.45, 7) is 6.23. The van der Waals surface area contributed by atoms with Crippen molar-refractivity contribution in [3.63, 3.8) is 0 Å². The third kappa shape index (κ3) is 4.68. The van der Waals surface area contributed by atoms with Crippen LogP contribution in [0.1, 0.15) is 33.5 Å². The second kappa shape index (κ2) is 7.58. The highest BCUT2D eigenvalue weighted by Crippen LogP contribution is 2.17. The van der Waals surface area contributed by atoms with E-state index < -0.39 is 0 Å². The number of carbonyl (C=O) groups is 2. The fourth-order valence-electron chi connectivity index (χ4n) is 2.28. The van der Waals surface area contributed by atoms with Crippen LogP contribution in [0.5, 0.6) is 0 Å². The van der Waals surface area contributed by atoms with Gasteiger partial charge in [0.2, 0.25) is 5.91 Å². The van der Waals surface area contributed by atoms with Crippen LogP contribution in [-0.2, 0) is 4.79 Å². The zero-order chi connectivity index (χ0) is 16.8. The van der Waals surface area contributed by atoms with Crippen molar-refractivity contribution in [1.29, 1.82) is 0 Å². The van der Waals surface area contributed by atoms with E-state index in [1.165, 1.54) is 0 Å². The van der Waals surface area contributed by atoms with Crippen LogP contribution >= 0.6 is 0 Å². The molecule has 0 spiro atoms. The van der Waals surface area contributed by atoms with Crippen LogP contribution in [0.15, 0.2) is 42.5 Å². The Morgan fingerprint density at radius 1 is 1.00 bits per heavy atom. The van der Waals surface area contributed by atoms with Gasteiger partial charge in [-0.25, -0.2) is 0 Å². The number of nitrogens with one attached hydrogen (secondary N) is 2. The van der Waals surface area contributed by atoms with Crippen LogP contribution in [0.2, 0.25) is 0 Å². The minimum absolute atomic E-state index is 0.108. The highest BCUT2D eigenvalue weighted by molar-refractivity contribution is 5.95. The number of hydrogen-bond donors (Lipinski definition) is 2. The first-order valence-electron chi connectivity index (χ1n) is 7.68. The molecule has 0 heterocycles. The van der Waals surface area contributed by atoms with Crippen molar-refractivity contribution in [1.82, 2.24) is 5.32 Å². The molecule has 120 valence electrons. The Kier molecular flexibility index (Phi) is 5.52. The molecule has 2 amide bonds. The molecule has 0 aliphatic rings. The van der Waals surface area contributed by atoms with E-state index in [1.807, 2.05) is 57.2 Å². The summed E-state index contributed by atoms with van der Waals surface area (Å²) in [5, 5.41) is 5.65. The zero-order valence-corrected chi connectivity index (χ0v) is 13.8. The molecule has 0 unspecified atom stereocenters. The van der Waals surface area contributed by atoms with Crippen molar-refractivity contribution in [2.45, 2.75) is 27.2 Å². The highest BCUT2D eigenvalue weighted by Gasteiger charge is 2.08. The van der Waals surface area contributed by atoms with Gasteiger partial charge in [-0.05, 0) is 50.1 Å². The molecule has 4 heteroatoms. The number of carbonyl (C=O) groups excluding carboxylic acids is 2. The van der Waals surface area contributed by atoms with Crippen molar-refractivity contribution in [2.75, 3.05) is 11.9 Å². The summed E-state index contributed by atoms with van der Waals surface area (Å²) in [6.07, 6.45) is 0.241. The molecule has 0 saturated carbocycles. The summed E-state index contributed by atoms with van der Waals surface area (Å²) in [6, 6.07) is 13.2. The van der Waals surface area contributed by atoms with E-state index in [1.54, 1.807) is 6.07 Å². The van der Waals surface area contributed by atoms with Crippen molar-refractivity contribution in [3.05, 3.63) is 64.7 Å². The lowest BCUT2D eigenvalue weighted by molar-refractivity contribution is -0.116. The smallest absolute Gasteiger partial charge is 0.251 e. The summed E-state index contributed by atoms with van der Waals surface area (Å²) < 4.78 is 0. The Labute approximate surface area is 136 Å². The maximum absolute atomic E-state index is 12.0. The molecule has 4 nitrogen and oxygen atoms in total. The van der Waals surface area contributed by atoms with Crippen LogP contribution < -0.4 is 10.6 Å². The number of amides is 2. The number of hydrogen-bond acceptors (Lipinski definition) is 2. The summed E-state index contributed by atoms with van der Waals surface area (Å²) in [7, 11) is 0. The minimum Gasteiger partial charge on any atom is -0.352 e. The molecule has 0 bridgehead atoms. The molecule has 2 rings (SSSR count). The second-order valence-electron chi connectivity index (χ2n) is 5.67. The normalized spacial score (nSPS) is 10.2. The van der Waals surface area contributed by atoms with Gasteiger partial charge in [-0.2, -0.15) is 0 Å². The Balaban J connectivity index is 1.83. The summed E-state index contributed by atoms with van der Waals surface area (Å²) in [5.74, 6) is -0.267. The van der Waals surface area contributed by atoms with Crippen LogP contribution in [0.3, 0.4) is 0 Å². The monoisotopic (exact) mass is 310 g/mol. The molecule has 2 aromatic carbocycles. The minimum atomic E-state index is -0.159. The van der Waals surface area contributed by atoms with Gasteiger partial charge < -0.3 is 10.6 Å². The predicted molar refractivity (Wildman–Crippen MR) is 92.7 cm³/mol. The molecule has 0 atom stereocenters. The van der Waals surface area contributed by atoms with Crippen LogP contribution in [-0.4, -0.2) is 18.4 Å². The van der Waals surface area contributed by atoms with Crippen molar-refractivity contribution < 1.29 is 9.59 Å². The Hall–Kier alpha value is -2.62. The first-order valence-corrected chi connectivity index (χ1v) is 7.68. The quantitative estimate of drug-likeness (QED) is 0.889. The molecule has 2 aromatic rings. The van der Waals surface area contributed by atoms with Crippen molar-refractivity contribution >= 4 is 17.5 Å². The third-order valence-corrected chi connectivity index (χ3v) is 3.80. The molecule has 0 aromatic heterocycles. The molecular formula is C19H22N2O2.